The summed E-state index contributed by atoms with van der Waals surface area (Å²) in [5, 5.41) is 0.837. The smallest absolute Gasteiger partial charge is 0.156 e. The first-order chi connectivity index (χ1) is 9.65. The van der Waals surface area contributed by atoms with Crippen LogP contribution < -0.4 is 15.2 Å². The van der Waals surface area contributed by atoms with Crippen LogP contribution >= 0.6 is 23.2 Å². The van der Waals surface area contributed by atoms with Crippen LogP contribution in [-0.4, -0.2) is 13.2 Å². The molecule has 0 radical (unpaired) electrons. The van der Waals surface area contributed by atoms with E-state index in [0.29, 0.717) is 34.7 Å². The normalized spacial score (nSPS) is 16.6. The maximum absolute atomic E-state index is 6.10. The van der Waals surface area contributed by atoms with Gasteiger partial charge in [0.15, 0.2) is 5.75 Å². The summed E-state index contributed by atoms with van der Waals surface area (Å²) in [5.41, 5.74) is 7.33. The van der Waals surface area contributed by atoms with Crippen LogP contribution in [0, 0.1) is 0 Å². The second-order valence-corrected chi connectivity index (χ2v) is 5.48. The zero-order chi connectivity index (χ0) is 14.1. The van der Waals surface area contributed by atoms with Gasteiger partial charge in [0.05, 0.1) is 29.2 Å². The highest BCUT2D eigenvalue weighted by Crippen LogP contribution is 2.38. The number of benzene rings is 2. The molecule has 1 aliphatic heterocycles. The van der Waals surface area contributed by atoms with E-state index in [-0.39, 0.29) is 5.92 Å². The highest BCUT2D eigenvalue weighted by Gasteiger charge is 2.24. The third kappa shape index (κ3) is 2.51. The quantitative estimate of drug-likeness (QED) is 0.867. The maximum Gasteiger partial charge on any atom is 0.156 e. The molecule has 1 heterocycles. The summed E-state index contributed by atoms with van der Waals surface area (Å²) in [5.74, 6) is 1.55. The molecule has 0 saturated carbocycles. The molecule has 0 aromatic heterocycles. The molecular weight excluding hydrogens is 297 g/mol. The minimum Gasteiger partial charge on any atom is -0.493 e. The van der Waals surface area contributed by atoms with Crippen LogP contribution in [0.4, 0.5) is 5.69 Å². The SMILES string of the molecule is Nc1cc(Cl)c(OCC2COc3ccccc32)c(Cl)c1. The lowest BCUT2D eigenvalue weighted by atomic mass is 10.0. The predicted octanol–water partition coefficient (Wildman–Crippen LogP) is 4.13. The zero-order valence-corrected chi connectivity index (χ0v) is 12.1. The standard InChI is InChI=1S/C15H13Cl2NO2/c16-12-5-10(18)6-13(17)15(12)20-8-9-7-19-14-4-2-1-3-11(9)14/h1-6,9H,7-8,18H2. The number of rotatable bonds is 3. The van der Waals surface area contributed by atoms with Gasteiger partial charge in [0.1, 0.15) is 5.75 Å². The molecule has 1 atom stereocenters. The Balaban J connectivity index is 1.76. The Morgan fingerprint density at radius 2 is 1.90 bits per heavy atom. The van der Waals surface area contributed by atoms with Gasteiger partial charge in [-0.3, -0.25) is 0 Å². The average molecular weight is 310 g/mol. The Kier molecular flexibility index (Phi) is 3.64. The van der Waals surface area contributed by atoms with E-state index in [9.17, 15) is 0 Å². The minimum absolute atomic E-state index is 0.177. The molecule has 104 valence electrons. The van der Waals surface area contributed by atoms with Crippen LogP contribution in [0.5, 0.6) is 11.5 Å². The van der Waals surface area contributed by atoms with E-state index < -0.39 is 0 Å². The molecule has 0 aliphatic carbocycles. The van der Waals surface area contributed by atoms with Gasteiger partial charge in [0, 0.05) is 11.3 Å². The number of hydrogen-bond acceptors (Lipinski definition) is 3. The third-order valence-electron chi connectivity index (χ3n) is 3.25. The lowest BCUT2D eigenvalue weighted by Gasteiger charge is -2.14. The van der Waals surface area contributed by atoms with Gasteiger partial charge in [0.2, 0.25) is 0 Å². The highest BCUT2D eigenvalue weighted by atomic mass is 35.5. The average Bonchev–Trinajstić information content (AvgIpc) is 2.81. The molecule has 0 fully saturated rings. The molecule has 0 spiro atoms. The lowest BCUT2D eigenvalue weighted by molar-refractivity contribution is 0.248. The van der Waals surface area contributed by atoms with Crippen molar-refractivity contribution in [2.75, 3.05) is 18.9 Å². The molecule has 1 unspecified atom stereocenters. The number of nitrogen functional groups attached to an aromatic ring is 1. The van der Waals surface area contributed by atoms with Gasteiger partial charge in [0.25, 0.3) is 0 Å². The van der Waals surface area contributed by atoms with E-state index in [1.165, 1.54) is 0 Å². The van der Waals surface area contributed by atoms with Gasteiger partial charge in [-0.15, -0.1) is 0 Å². The van der Waals surface area contributed by atoms with Gasteiger partial charge in [-0.05, 0) is 18.2 Å². The van der Waals surface area contributed by atoms with E-state index in [4.69, 9.17) is 38.4 Å². The Morgan fingerprint density at radius 1 is 1.20 bits per heavy atom. The summed E-state index contributed by atoms with van der Waals surface area (Å²) in [7, 11) is 0. The number of halogens is 2. The van der Waals surface area contributed by atoms with Crippen LogP contribution in [0.25, 0.3) is 0 Å². The number of para-hydroxylation sites is 1. The number of nitrogens with two attached hydrogens (primary N) is 1. The van der Waals surface area contributed by atoms with Crippen molar-refractivity contribution >= 4 is 28.9 Å². The van der Waals surface area contributed by atoms with E-state index >= 15 is 0 Å². The molecule has 20 heavy (non-hydrogen) atoms. The van der Waals surface area contributed by atoms with E-state index in [0.717, 1.165) is 11.3 Å². The first-order valence-corrected chi connectivity index (χ1v) is 7.00. The van der Waals surface area contributed by atoms with Gasteiger partial charge >= 0.3 is 0 Å². The maximum atomic E-state index is 6.10. The summed E-state index contributed by atoms with van der Waals surface area (Å²) >= 11 is 12.2. The molecule has 2 N–H and O–H groups in total. The van der Waals surface area contributed by atoms with Crippen LogP contribution in [0.1, 0.15) is 11.5 Å². The summed E-state index contributed by atoms with van der Waals surface area (Å²) in [6.45, 7) is 1.06. The number of hydrogen-bond donors (Lipinski definition) is 1. The Hall–Kier alpha value is -1.58. The van der Waals surface area contributed by atoms with Crippen LogP contribution in [0.2, 0.25) is 10.0 Å². The van der Waals surface area contributed by atoms with Crippen molar-refractivity contribution in [2.24, 2.45) is 0 Å². The third-order valence-corrected chi connectivity index (χ3v) is 3.81. The number of anilines is 1. The van der Waals surface area contributed by atoms with Gasteiger partial charge in [-0.2, -0.15) is 0 Å². The fourth-order valence-corrected chi connectivity index (χ4v) is 2.88. The lowest BCUT2D eigenvalue weighted by Crippen LogP contribution is -2.12. The minimum atomic E-state index is 0.177. The van der Waals surface area contributed by atoms with Crippen molar-refractivity contribution in [1.82, 2.24) is 0 Å². The Labute approximate surface area is 127 Å². The van der Waals surface area contributed by atoms with Crippen LogP contribution in [0.3, 0.4) is 0 Å². The second kappa shape index (κ2) is 5.43. The topological polar surface area (TPSA) is 44.5 Å². The molecule has 0 saturated heterocycles. The van der Waals surface area contributed by atoms with Crippen molar-refractivity contribution < 1.29 is 9.47 Å². The highest BCUT2D eigenvalue weighted by molar-refractivity contribution is 6.37. The van der Waals surface area contributed by atoms with Crippen molar-refractivity contribution in [1.29, 1.82) is 0 Å². The van der Waals surface area contributed by atoms with E-state index in [1.54, 1.807) is 12.1 Å². The molecule has 0 bridgehead atoms. The first kappa shape index (κ1) is 13.4. The van der Waals surface area contributed by atoms with E-state index in [2.05, 4.69) is 0 Å². The Bertz CT molecular complexity index is 623. The fraction of sp³-hybridized carbons (Fsp3) is 0.200. The van der Waals surface area contributed by atoms with Crippen molar-refractivity contribution in [3.63, 3.8) is 0 Å². The van der Waals surface area contributed by atoms with Crippen LogP contribution in [-0.2, 0) is 0 Å². The molecule has 1 aliphatic rings. The molecule has 3 nitrogen and oxygen atoms in total. The molecular formula is C15H13Cl2NO2. The molecule has 5 heteroatoms. The van der Waals surface area contributed by atoms with Gasteiger partial charge in [-0.25, -0.2) is 0 Å². The molecule has 2 aromatic carbocycles. The largest absolute Gasteiger partial charge is 0.493 e. The second-order valence-electron chi connectivity index (χ2n) is 4.67. The summed E-state index contributed by atoms with van der Waals surface area (Å²) in [6, 6.07) is 11.2. The van der Waals surface area contributed by atoms with E-state index in [1.807, 2.05) is 24.3 Å². The first-order valence-electron chi connectivity index (χ1n) is 6.24. The summed E-state index contributed by atoms with van der Waals surface area (Å²) in [4.78, 5) is 0. The van der Waals surface area contributed by atoms with Crippen molar-refractivity contribution in [3.8, 4) is 11.5 Å². The molecule has 0 amide bonds. The fourth-order valence-electron chi connectivity index (χ4n) is 2.27. The monoisotopic (exact) mass is 309 g/mol. The van der Waals surface area contributed by atoms with Crippen LogP contribution in [0.15, 0.2) is 36.4 Å². The summed E-state index contributed by atoms with van der Waals surface area (Å²) < 4.78 is 11.4. The predicted molar refractivity (Wildman–Crippen MR) is 81.0 cm³/mol. The molecule has 2 aromatic rings. The van der Waals surface area contributed by atoms with Crippen molar-refractivity contribution in [3.05, 3.63) is 52.0 Å². The van der Waals surface area contributed by atoms with Gasteiger partial charge in [-0.1, -0.05) is 41.4 Å². The number of fused-ring (bicyclic) bond motifs is 1. The van der Waals surface area contributed by atoms with Gasteiger partial charge < -0.3 is 15.2 Å². The zero-order valence-electron chi connectivity index (χ0n) is 10.6. The van der Waals surface area contributed by atoms with Crippen molar-refractivity contribution in [2.45, 2.75) is 5.92 Å². The number of ether oxygens (including phenoxy) is 2. The molecule has 3 rings (SSSR count). The summed E-state index contributed by atoms with van der Waals surface area (Å²) in [6.07, 6.45) is 0. The Morgan fingerprint density at radius 3 is 2.65 bits per heavy atom.